The first-order valence-corrected chi connectivity index (χ1v) is 8.93. The van der Waals surface area contributed by atoms with Crippen molar-refractivity contribution in [3.63, 3.8) is 0 Å². The third-order valence-corrected chi connectivity index (χ3v) is 6.02. The fraction of sp³-hybridized carbons (Fsp3) is 1.00. The van der Waals surface area contributed by atoms with E-state index in [4.69, 9.17) is 0 Å². The molecule has 2 unspecified atom stereocenters. The quantitative estimate of drug-likeness (QED) is 0.770. The SMILES string of the molecule is CS(=O)(=O)C1CSCCN1C1CCCNC1. The van der Waals surface area contributed by atoms with Crippen LogP contribution >= 0.6 is 11.8 Å². The predicted molar refractivity (Wildman–Crippen MR) is 68.6 cm³/mol. The van der Waals surface area contributed by atoms with E-state index in [9.17, 15) is 8.42 Å². The van der Waals surface area contributed by atoms with Crippen LogP contribution in [0.4, 0.5) is 0 Å². The number of hydrogen-bond donors (Lipinski definition) is 1. The first kappa shape index (κ1) is 12.7. The summed E-state index contributed by atoms with van der Waals surface area (Å²) in [5, 5.41) is 3.09. The highest BCUT2D eigenvalue weighted by molar-refractivity contribution is 8.00. The summed E-state index contributed by atoms with van der Waals surface area (Å²) in [6.07, 6.45) is 3.65. The van der Waals surface area contributed by atoms with Gasteiger partial charge in [-0.3, -0.25) is 4.90 Å². The molecule has 2 fully saturated rings. The van der Waals surface area contributed by atoms with Gasteiger partial charge >= 0.3 is 0 Å². The smallest absolute Gasteiger partial charge is 0.164 e. The van der Waals surface area contributed by atoms with Gasteiger partial charge in [0, 0.05) is 36.9 Å². The number of thioether (sulfide) groups is 1. The Balaban J connectivity index is 2.09. The minimum absolute atomic E-state index is 0.267. The summed E-state index contributed by atoms with van der Waals surface area (Å²) in [7, 11) is -2.95. The van der Waals surface area contributed by atoms with E-state index >= 15 is 0 Å². The summed E-state index contributed by atoms with van der Waals surface area (Å²) in [6, 6.07) is 0.411. The summed E-state index contributed by atoms with van der Waals surface area (Å²) in [4.78, 5) is 2.21. The molecule has 94 valence electrons. The molecule has 0 aromatic carbocycles. The Kier molecular flexibility index (Phi) is 4.15. The molecule has 16 heavy (non-hydrogen) atoms. The lowest BCUT2D eigenvalue weighted by molar-refractivity contribution is 0.162. The van der Waals surface area contributed by atoms with Crippen molar-refractivity contribution >= 4 is 21.6 Å². The van der Waals surface area contributed by atoms with Crippen LogP contribution in [0.3, 0.4) is 0 Å². The van der Waals surface area contributed by atoms with Gasteiger partial charge in [-0.05, 0) is 19.4 Å². The summed E-state index contributed by atoms with van der Waals surface area (Å²) in [5.74, 6) is 1.79. The number of piperidine rings is 1. The zero-order chi connectivity index (χ0) is 11.6. The monoisotopic (exact) mass is 264 g/mol. The molecular weight excluding hydrogens is 244 g/mol. The minimum Gasteiger partial charge on any atom is -0.315 e. The van der Waals surface area contributed by atoms with Crippen molar-refractivity contribution in [2.45, 2.75) is 24.3 Å². The van der Waals surface area contributed by atoms with E-state index in [1.54, 1.807) is 11.8 Å². The van der Waals surface area contributed by atoms with Gasteiger partial charge in [-0.2, -0.15) is 11.8 Å². The molecule has 0 radical (unpaired) electrons. The lowest BCUT2D eigenvalue weighted by Gasteiger charge is -2.41. The second kappa shape index (κ2) is 5.25. The predicted octanol–water partition coefficient (Wildman–Crippen LogP) is 0.158. The Hall–Kier alpha value is 0.220. The third-order valence-electron chi connectivity index (χ3n) is 3.36. The molecule has 1 N–H and O–H groups in total. The Morgan fingerprint density at radius 2 is 2.25 bits per heavy atom. The van der Waals surface area contributed by atoms with Crippen molar-refractivity contribution in [2.75, 3.05) is 37.4 Å². The van der Waals surface area contributed by atoms with Gasteiger partial charge in [0.1, 0.15) is 5.37 Å². The molecule has 2 aliphatic rings. The molecule has 2 rings (SSSR count). The molecule has 0 aromatic heterocycles. The van der Waals surface area contributed by atoms with Gasteiger partial charge in [0.15, 0.2) is 9.84 Å². The first-order valence-electron chi connectivity index (χ1n) is 5.82. The van der Waals surface area contributed by atoms with Gasteiger partial charge in [-0.1, -0.05) is 0 Å². The highest BCUT2D eigenvalue weighted by Crippen LogP contribution is 2.24. The van der Waals surface area contributed by atoms with Crippen LogP contribution in [0.5, 0.6) is 0 Å². The highest BCUT2D eigenvalue weighted by Gasteiger charge is 2.35. The lowest BCUT2D eigenvalue weighted by atomic mass is 10.1. The lowest BCUT2D eigenvalue weighted by Crippen LogP contribution is -2.56. The minimum atomic E-state index is -2.95. The van der Waals surface area contributed by atoms with E-state index in [-0.39, 0.29) is 5.37 Å². The van der Waals surface area contributed by atoms with E-state index in [0.29, 0.717) is 6.04 Å². The largest absolute Gasteiger partial charge is 0.315 e. The van der Waals surface area contributed by atoms with Crippen LogP contribution in [-0.2, 0) is 9.84 Å². The second-order valence-corrected chi connectivity index (χ2v) is 7.95. The summed E-state index contributed by atoms with van der Waals surface area (Å²) >= 11 is 1.76. The van der Waals surface area contributed by atoms with Crippen LogP contribution in [0, 0.1) is 0 Å². The average molecular weight is 264 g/mol. The maximum Gasteiger partial charge on any atom is 0.164 e. The van der Waals surface area contributed by atoms with Gasteiger partial charge in [-0.25, -0.2) is 8.42 Å². The highest BCUT2D eigenvalue weighted by atomic mass is 32.2. The van der Waals surface area contributed by atoms with Crippen LogP contribution in [0.15, 0.2) is 0 Å². The van der Waals surface area contributed by atoms with Crippen molar-refractivity contribution in [2.24, 2.45) is 0 Å². The molecule has 2 saturated heterocycles. The van der Waals surface area contributed by atoms with Gasteiger partial charge in [0.2, 0.25) is 0 Å². The fourth-order valence-electron chi connectivity index (χ4n) is 2.50. The van der Waals surface area contributed by atoms with Gasteiger partial charge in [-0.15, -0.1) is 0 Å². The van der Waals surface area contributed by atoms with Crippen molar-refractivity contribution in [1.82, 2.24) is 10.2 Å². The number of rotatable bonds is 2. The molecule has 0 amide bonds. The maximum absolute atomic E-state index is 11.8. The zero-order valence-corrected chi connectivity index (χ0v) is 11.3. The Bertz CT molecular complexity index is 326. The number of nitrogens with zero attached hydrogens (tertiary/aromatic N) is 1. The Morgan fingerprint density at radius 3 is 2.88 bits per heavy atom. The van der Waals surface area contributed by atoms with Gasteiger partial charge < -0.3 is 5.32 Å². The zero-order valence-electron chi connectivity index (χ0n) is 9.68. The first-order chi connectivity index (χ1) is 7.59. The van der Waals surface area contributed by atoms with E-state index in [1.165, 1.54) is 6.26 Å². The summed E-state index contributed by atoms with van der Waals surface area (Å²) < 4.78 is 23.5. The van der Waals surface area contributed by atoms with E-state index in [0.717, 1.165) is 44.0 Å². The molecule has 0 saturated carbocycles. The van der Waals surface area contributed by atoms with Crippen LogP contribution < -0.4 is 5.32 Å². The van der Waals surface area contributed by atoms with E-state index in [1.807, 2.05) is 0 Å². The van der Waals surface area contributed by atoms with Crippen molar-refractivity contribution in [3.8, 4) is 0 Å². The molecule has 0 aliphatic carbocycles. The topological polar surface area (TPSA) is 49.4 Å². The molecule has 0 spiro atoms. The third kappa shape index (κ3) is 2.91. The average Bonchev–Trinajstić information content (AvgIpc) is 2.29. The molecule has 2 atom stereocenters. The fourth-order valence-corrected chi connectivity index (χ4v) is 5.44. The molecule has 4 nitrogen and oxygen atoms in total. The summed E-state index contributed by atoms with van der Waals surface area (Å²) in [5.41, 5.74) is 0. The van der Waals surface area contributed by atoms with Crippen LogP contribution in [0.1, 0.15) is 12.8 Å². The van der Waals surface area contributed by atoms with Gasteiger partial charge in [0.25, 0.3) is 0 Å². The molecular formula is C10H20N2O2S2. The second-order valence-electron chi connectivity index (χ2n) is 4.60. The van der Waals surface area contributed by atoms with E-state index in [2.05, 4.69) is 10.2 Å². The van der Waals surface area contributed by atoms with Crippen LogP contribution in [0.2, 0.25) is 0 Å². The molecule has 0 bridgehead atoms. The van der Waals surface area contributed by atoms with Crippen molar-refractivity contribution < 1.29 is 8.42 Å². The van der Waals surface area contributed by atoms with Crippen molar-refractivity contribution in [1.29, 1.82) is 0 Å². The Labute approximate surface area is 102 Å². The number of hydrogen-bond acceptors (Lipinski definition) is 5. The maximum atomic E-state index is 11.8. The molecule has 2 heterocycles. The summed E-state index contributed by atoms with van der Waals surface area (Å²) in [6.45, 7) is 2.92. The number of sulfone groups is 1. The normalized spacial score (nSPS) is 33.8. The number of nitrogens with one attached hydrogen (secondary N) is 1. The Morgan fingerprint density at radius 1 is 1.44 bits per heavy atom. The van der Waals surface area contributed by atoms with Crippen molar-refractivity contribution in [3.05, 3.63) is 0 Å². The van der Waals surface area contributed by atoms with Gasteiger partial charge in [0.05, 0.1) is 0 Å². The molecule has 2 aliphatic heterocycles. The standard InChI is InChI=1S/C10H20N2O2S2/c1-16(13,14)10-8-15-6-5-12(10)9-3-2-4-11-7-9/h9-11H,2-8H2,1H3. The van der Waals surface area contributed by atoms with Crippen LogP contribution in [0.25, 0.3) is 0 Å². The molecule has 6 heteroatoms. The molecule has 0 aromatic rings. The van der Waals surface area contributed by atoms with E-state index < -0.39 is 9.84 Å². The van der Waals surface area contributed by atoms with Crippen LogP contribution in [-0.4, -0.2) is 62.1 Å².